The number of rotatable bonds is 6. The van der Waals surface area contributed by atoms with Gasteiger partial charge in [0, 0.05) is 50.1 Å². The molecule has 0 atom stereocenters. The van der Waals surface area contributed by atoms with Crippen molar-refractivity contribution in [1.29, 1.82) is 0 Å². The molecule has 0 aliphatic rings. The minimum atomic E-state index is 0.557. The predicted octanol–water partition coefficient (Wildman–Crippen LogP) is 7.51. The Morgan fingerprint density at radius 1 is 0.889 bits per heavy atom. The van der Waals surface area contributed by atoms with Crippen LogP contribution in [0.3, 0.4) is 0 Å². The average molecular weight is 508 g/mol. The minimum absolute atomic E-state index is 0.557. The number of pyridine rings is 2. The number of methoxy groups -OCH3 is 1. The highest BCUT2D eigenvalue weighted by Gasteiger charge is 2.13. The summed E-state index contributed by atoms with van der Waals surface area (Å²) in [7, 11) is 1.61. The van der Waals surface area contributed by atoms with Gasteiger partial charge in [-0.1, -0.05) is 36.0 Å². The zero-order valence-corrected chi connectivity index (χ0v) is 21.2. The molecule has 0 aliphatic heterocycles. The topological polar surface area (TPSA) is 72.8 Å². The third-order valence-corrected chi connectivity index (χ3v) is 7.91. The Labute approximate surface area is 216 Å². The van der Waals surface area contributed by atoms with Crippen LogP contribution in [0.5, 0.6) is 5.88 Å². The van der Waals surface area contributed by atoms with Gasteiger partial charge in [-0.2, -0.15) is 0 Å². The van der Waals surface area contributed by atoms with Gasteiger partial charge in [0.25, 0.3) is 0 Å². The maximum atomic E-state index is 5.23. The van der Waals surface area contributed by atoms with Gasteiger partial charge in [0.15, 0.2) is 5.82 Å². The SMILES string of the molecule is COc1cc2nccc(Sc3ccc(Nc4nnc(-c5cc(C)cs5)c5ccccc45)cc3)c2cn1. The molecule has 8 heteroatoms. The van der Waals surface area contributed by atoms with E-state index in [9.17, 15) is 0 Å². The molecule has 0 amide bonds. The van der Waals surface area contributed by atoms with Crippen LogP contribution in [0, 0.1) is 6.92 Å². The third kappa shape index (κ3) is 4.36. The maximum absolute atomic E-state index is 5.23. The van der Waals surface area contributed by atoms with E-state index in [1.54, 1.807) is 30.2 Å². The van der Waals surface area contributed by atoms with E-state index in [1.807, 2.05) is 36.7 Å². The van der Waals surface area contributed by atoms with Crippen molar-refractivity contribution < 1.29 is 4.74 Å². The number of benzene rings is 2. The molecule has 0 fully saturated rings. The number of aryl methyl sites for hydroxylation is 1. The Morgan fingerprint density at radius 3 is 2.50 bits per heavy atom. The van der Waals surface area contributed by atoms with Crippen LogP contribution in [-0.2, 0) is 0 Å². The van der Waals surface area contributed by atoms with E-state index < -0.39 is 0 Å². The van der Waals surface area contributed by atoms with Gasteiger partial charge >= 0.3 is 0 Å². The van der Waals surface area contributed by atoms with Gasteiger partial charge in [0.05, 0.1) is 17.5 Å². The van der Waals surface area contributed by atoms with Crippen LogP contribution in [0.1, 0.15) is 5.56 Å². The van der Waals surface area contributed by atoms with Gasteiger partial charge in [0.1, 0.15) is 5.69 Å². The molecule has 0 saturated heterocycles. The average Bonchev–Trinajstić information content (AvgIpc) is 3.35. The largest absolute Gasteiger partial charge is 0.481 e. The Hall–Kier alpha value is -4.01. The zero-order chi connectivity index (χ0) is 24.5. The van der Waals surface area contributed by atoms with Crippen LogP contribution in [0.2, 0.25) is 0 Å². The summed E-state index contributed by atoms with van der Waals surface area (Å²) in [5.74, 6) is 1.30. The van der Waals surface area contributed by atoms with Crippen molar-refractivity contribution in [3.63, 3.8) is 0 Å². The normalized spacial score (nSPS) is 11.2. The van der Waals surface area contributed by atoms with Crippen molar-refractivity contribution in [1.82, 2.24) is 20.2 Å². The van der Waals surface area contributed by atoms with Gasteiger partial charge in [0.2, 0.25) is 5.88 Å². The summed E-state index contributed by atoms with van der Waals surface area (Å²) in [4.78, 5) is 12.1. The summed E-state index contributed by atoms with van der Waals surface area (Å²) in [6.45, 7) is 2.10. The predicted molar refractivity (Wildman–Crippen MR) is 148 cm³/mol. The smallest absolute Gasteiger partial charge is 0.215 e. The van der Waals surface area contributed by atoms with E-state index in [1.165, 1.54) is 5.56 Å². The summed E-state index contributed by atoms with van der Waals surface area (Å²) in [5, 5.41) is 17.8. The molecule has 0 spiro atoms. The monoisotopic (exact) mass is 507 g/mol. The second kappa shape index (κ2) is 9.56. The summed E-state index contributed by atoms with van der Waals surface area (Å²) in [6, 6.07) is 22.6. The molecule has 0 radical (unpaired) electrons. The Kier molecular flexibility index (Phi) is 5.96. The molecular formula is C28H21N5OS2. The standard InChI is InChI=1S/C28H21N5OS2/c1-17-13-25(35-16-17)27-20-5-3-4-6-21(20)28(33-32-27)31-18-7-9-19(10-8-18)36-24-11-12-29-23-14-26(34-2)30-15-22(23)24/h3-16H,1-2H3,(H,31,33). The highest BCUT2D eigenvalue weighted by atomic mass is 32.2. The highest BCUT2D eigenvalue weighted by molar-refractivity contribution is 7.99. The van der Waals surface area contributed by atoms with Crippen LogP contribution in [0.4, 0.5) is 11.5 Å². The molecule has 6 rings (SSSR count). The molecule has 6 aromatic rings. The van der Waals surface area contributed by atoms with Crippen molar-refractivity contribution in [2.75, 3.05) is 12.4 Å². The van der Waals surface area contributed by atoms with Crippen LogP contribution >= 0.6 is 23.1 Å². The molecule has 0 unspecified atom stereocenters. The van der Waals surface area contributed by atoms with E-state index in [-0.39, 0.29) is 0 Å². The lowest BCUT2D eigenvalue weighted by Gasteiger charge is -2.11. The lowest BCUT2D eigenvalue weighted by Crippen LogP contribution is -1.98. The maximum Gasteiger partial charge on any atom is 0.215 e. The summed E-state index contributed by atoms with van der Waals surface area (Å²) in [6.07, 6.45) is 3.62. The summed E-state index contributed by atoms with van der Waals surface area (Å²) < 4.78 is 5.23. The molecule has 1 N–H and O–H groups in total. The van der Waals surface area contributed by atoms with Gasteiger partial charge in [-0.3, -0.25) is 4.98 Å². The number of fused-ring (bicyclic) bond motifs is 2. The fourth-order valence-electron chi connectivity index (χ4n) is 4.00. The third-order valence-electron chi connectivity index (χ3n) is 5.77. The second-order valence-electron chi connectivity index (χ2n) is 8.24. The van der Waals surface area contributed by atoms with Gasteiger partial charge in [-0.05, 0) is 54.3 Å². The molecule has 6 nitrogen and oxygen atoms in total. The van der Waals surface area contributed by atoms with Gasteiger partial charge < -0.3 is 10.1 Å². The number of anilines is 2. The highest BCUT2D eigenvalue weighted by Crippen LogP contribution is 2.36. The number of thiophene rings is 1. The Morgan fingerprint density at radius 2 is 1.72 bits per heavy atom. The van der Waals surface area contributed by atoms with E-state index >= 15 is 0 Å². The second-order valence-corrected chi connectivity index (χ2v) is 10.3. The fraction of sp³-hybridized carbons (Fsp3) is 0.0714. The quantitative estimate of drug-likeness (QED) is 0.250. The summed E-state index contributed by atoms with van der Waals surface area (Å²) >= 11 is 3.37. The van der Waals surface area contributed by atoms with Crippen LogP contribution in [0.15, 0.2) is 94.3 Å². The number of hydrogen-bond donors (Lipinski definition) is 1. The van der Waals surface area contributed by atoms with Crippen molar-refractivity contribution in [2.24, 2.45) is 0 Å². The Balaban J connectivity index is 1.26. The van der Waals surface area contributed by atoms with E-state index in [4.69, 9.17) is 4.74 Å². The number of nitrogens with one attached hydrogen (secondary N) is 1. The number of nitrogens with zero attached hydrogens (tertiary/aromatic N) is 4. The molecule has 4 aromatic heterocycles. The first-order valence-corrected chi connectivity index (χ1v) is 13.0. The number of aromatic nitrogens is 4. The summed E-state index contributed by atoms with van der Waals surface area (Å²) in [5.41, 5.74) is 3.95. The fourth-order valence-corrected chi connectivity index (χ4v) is 5.82. The molecular weight excluding hydrogens is 486 g/mol. The number of hydrogen-bond acceptors (Lipinski definition) is 8. The molecule has 0 saturated carbocycles. The molecule has 0 bridgehead atoms. The van der Waals surface area contributed by atoms with Crippen LogP contribution in [0.25, 0.3) is 32.2 Å². The molecule has 0 aliphatic carbocycles. The van der Waals surface area contributed by atoms with Crippen LogP contribution in [-0.4, -0.2) is 27.3 Å². The lowest BCUT2D eigenvalue weighted by molar-refractivity contribution is 0.398. The Bertz CT molecular complexity index is 1700. The van der Waals surface area contributed by atoms with Crippen molar-refractivity contribution in [3.8, 4) is 16.5 Å². The molecule has 4 heterocycles. The first kappa shape index (κ1) is 22.5. The van der Waals surface area contributed by atoms with E-state index in [0.29, 0.717) is 5.88 Å². The first-order chi connectivity index (χ1) is 17.7. The van der Waals surface area contributed by atoms with Gasteiger partial charge in [-0.25, -0.2) is 4.98 Å². The molecule has 176 valence electrons. The van der Waals surface area contributed by atoms with Crippen molar-refractivity contribution in [2.45, 2.75) is 16.7 Å². The minimum Gasteiger partial charge on any atom is -0.481 e. The number of ether oxygens (including phenoxy) is 1. The van der Waals surface area contributed by atoms with E-state index in [2.05, 4.69) is 80.3 Å². The first-order valence-electron chi connectivity index (χ1n) is 11.3. The van der Waals surface area contributed by atoms with Crippen LogP contribution < -0.4 is 10.1 Å². The van der Waals surface area contributed by atoms with E-state index in [0.717, 1.165) is 53.5 Å². The molecule has 2 aromatic carbocycles. The molecule has 36 heavy (non-hydrogen) atoms. The van der Waals surface area contributed by atoms with Crippen molar-refractivity contribution >= 4 is 56.3 Å². The zero-order valence-electron chi connectivity index (χ0n) is 19.6. The van der Waals surface area contributed by atoms with Gasteiger partial charge in [-0.15, -0.1) is 21.5 Å². The lowest BCUT2D eigenvalue weighted by atomic mass is 10.1. The van der Waals surface area contributed by atoms with Crippen molar-refractivity contribution in [3.05, 3.63) is 90.1 Å².